The van der Waals surface area contributed by atoms with E-state index in [-0.39, 0.29) is 6.10 Å². The summed E-state index contributed by atoms with van der Waals surface area (Å²) in [6.07, 6.45) is 0.678. The Morgan fingerprint density at radius 2 is 2.20 bits per heavy atom. The van der Waals surface area contributed by atoms with Gasteiger partial charge in [-0.1, -0.05) is 13.8 Å². The normalized spacial score (nSPS) is 34.8. The van der Waals surface area contributed by atoms with E-state index in [4.69, 9.17) is 4.74 Å². The summed E-state index contributed by atoms with van der Waals surface area (Å²) in [5.41, 5.74) is 0. The Balaban J connectivity index is 2.40. The number of aliphatic hydroxyl groups excluding tert-OH is 1. The van der Waals surface area contributed by atoms with Crippen molar-refractivity contribution < 1.29 is 9.84 Å². The third-order valence-corrected chi connectivity index (χ3v) is 2.22. The van der Waals surface area contributed by atoms with Gasteiger partial charge in [0.1, 0.15) is 0 Å². The maximum Gasteiger partial charge on any atom is 0.0614 e. The van der Waals surface area contributed by atoms with Gasteiger partial charge in [0.2, 0.25) is 0 Å². The molecule has 1 N–H and O–H groups in total. The Morgan fingerprint density at radius 1 is 1.50 bits per heavy atom. The lowest BCUT2D eigenvalue weighted by atomic mass is 9.88. The van der Waals surface area contributed by atoms with Crippen molar-refractivity contribution in [3.8, 4) is 0 Å². The van der Waals surface area contributed by atoms with E-state index >= 15 is 0 Å². The van der Waals surface area contributed by atoms with E-state index in [0.29, 0.717) is 11.8 Å². The van der Waals surface area contributed by atoms with Gasteiger partial charge in [0.25, 0.3) is 0 Å². The quantitative estimate of drug-likeness (QED) is 0.596. The zero-order valence-corrected chi connectivity index (χ0v) is 6.71. The van der Waals surface area contributed by atoms with Crippen molar-refractivity contribution in [3.63, 3.8) is 0 Å². The number of hydrogen-bond acceptors (Lipinski definition) is 2. The minimum Gasteiger partial charge on any atom is -0.393 e. The van der Waals surface area contributed by atoms with Gasteiger partial charge in [-0.05, 0) is 12.3 Å². The number of hydrogen-bond donors (Lipinski definition) is 1. The second kappa shape index (κ2) is 3.35. The molecular formula is C8H16O2. The average molecular weight is 144 g/mol. The van der Waals surface area contributed by atoms with Gasteiger partial charge in [-0.3, -0.25) is 0 Å². The molecule has 0 radical (unpaired) electrons. The molecule has 2 nitrogen and oxygen atoms in total. The number of rotatable bonds is 1. The van der Waals surface area contributed by atoms with Crippen LogP contribution in [0, 0.1) is 11.8 Å². The van der Waals surface area contributed by atoms with Gasteiger partial charge in [0.05, 0.1) is 12.7 Å². The van der Waals surface area contributed by atoms with Crippen LogP contribution in [0.25, 0.3) is 0 Å². The molecular weight excluding hydrogens is 128 g/mol. The van der Waals surface area contributed by atoms with Crippen LogP contribution in [0.2, 0.25) is 0 Å². The van der Waals surface area contributed by atoms with Crippen LogP contribution in [0.4, 0.5) is 0 Å². The van der Waals surface area contributed by atoms with E-state index < -0.39 is 0 Å². The van der Waals surface area contributed by atoms with Crippen LogP contribution in [0.1, 0.15) is 20.3 Å². The Bertz CT molecular complexity index is 101. The van der Waals surface area contributed by atoms with Crippen molar-refractivity contribution in [1.82, 2.24) is 0 Å². The highest BCUT2D eigenvalue weighted by atomic mass is 16.5. The molecule has 10 heavy (non-hydrogen) atoms. The molecule has 1 heterocycles. The zero-order chi connectivity index (χ0) is 7.56. The number of aliphatic hydroxyl groups is 1. The van der Waals surface area contributed by atoms with Crippen molar-refractivity contribution in [3.05, 3.63) is 0 Å². The van der Waals surface area contributed by atoms with Crippen LogP contribution in [0.3, 0.4) is 0 Å². The maximum atomic E-state index is 9.46. The van der Waals surface area contributed by atoms with Gasteiger partial charge < -0.3 is 9.84 Å². The van der Waals surface area contributed by atoms with Gasteiger partial charge in [-0.15, -0.1) is 0 Å². The van der Waals surface area contributed by atoms with Gasteiger partial charge in [0, 0.05) is 12.5 Å². The van der Waals surface area contributed by atoms with Crippen molar-refractivity contribution >= 4 is 0 Å². The molecule has 1 saturated heterocycles. The van der Waals surface area contributed by atoms with Crippen LogP contribution < -0.4 is 0 Å². The zero-order valence-electron chi connectivity index (χ0n) is 6.71. The lowest BCUT2D eigenvalue weighted by Crippen LogP contribution is -2.35. The summed E-state index contributed by atoms with van der Waals surface area (Å²) in [6, 6.07) is 0. The van der Waals surface area contributed by atoms with E-state index in [1.165, 1.54) is 0 Å². The fraction of sp³-hybridized carbons (Fsp3) is 1.00. The topological polar surface area (TPSA) is 29.5 Å². The second-order valence-electron chi connectivity index (χ2n) is 3.34. The van der Waals surface area contributed by atoms with Crippen LogP contribution in [0.15, 0.2) is 0 Å². The first-order chi connectivity index (χ1) is 4.72. The van der Waals surface area contributed by atoms with Crippen molar-refractivity contribution in [2.24, 2.45) is 11.8 Å². The smallest absolute Gasteiger partial charge is 0.0614 e. The monoisotopic (exact) mass is 144 g/mol. The standard InChI is InChI=1S/C8H16O2/c1-6(2)7-5-10-4-3-8(7)9/h6-9H,3-5H2,1-2H3/t7-,8-/m0/s1. The molecule has 0 spiro atoms. The van der Waals surface area contributed by atoms with Crippen LogP contribution in [-0.4, -0.2) is 24.4 Å². The molecule has 0 amide bonds. The molecule has 0 saturated carbocycles. The highest BCUT2D eigenvalue weighted by Gasteiger charge is 2.25. The van der Waals surface area contributed by atoms with Gasteiger partial charge >= 0.3 is 0 Å². The van der Waals surface area contributed by atoms with Crippen molar-refractivity contribution in [1.29, 1.82) is 0 Å². The predicted octanol–water partition coefficient (Wildman–Crippen LogP) is 1.04. The Hall–Kier alpha value is -0.0800. The average Bonchev–Trinajstić information content (AvgIpc) is 1.88. The van der Waals surface area contributed by atoms with E-state index in [1.807, 2.05) is 0 Å². The fourth-order valence-corrected chi connectivity index (χ4v) is 1.39. The van der Waals surface area contributed by atoms with Gasteiger partial charge in [0.15, 0.2) is 0 Å². The lowest BCUT2D eigenvalue weighted by molar-refractivity contribution is -0.0519. The maximum absolute atomic E-state index is 9.46. The molecule has 1 rings (SSSR count). The summed E-state index contributed by atoms with van der Waals surface area (Å²) < 4.78 is 5.25. The third kappa shape index (κ3) is 1.70. The Labute approximate surface area is 62.2 Å². The fourth-order valence-electron chi connectivity index (χ4n) is 1.39. The molecule has 2 atom stereocenters. The Kier molecular flexibility index (Phi) is 2.69. The summed E-state index contributed by atoms with van der Waals surface area (Å²) in [4.78, 5) is 0. The summed E-state index contributed by atoms with van der Waals surface area (Å²) in [6.45, 7) is 5.72. The third-order valence-electron chi connectivity index (χ3n) is 2.22. The SMILES string of the molecule is CC(C)[C@@H]1COCC[C@@H]1O. The van der Waals surface area contributed by atoms with Crippen molar-refractivity contribution in [2.75, 3.05) is 13.2 Å². The highest BCUT2D eigenvalue weighted by Crippen LogP contribution is 2.21. The van der Waals surface area contributed by atoms with Crippen LogP contribution >= 0.6 is 0 Å². The first-order valence-electron chi connectivity index (χ1n) is 3.97. The van der Waals surface area contributed by atoms with E-state index in [2.05, 4.69) is 13.8 Å². The summed E-state index contributed by atoms with van der Waals surface area (Å²) in [5.74, 6) is 0.893. The summed E-state index contributed by atoms with van der Waals surface area (Å²) in [7, 11) is 0. The van der Waals surface area contributed by atoms with Gasteiger partial charge in [-0.25, -0.2) is 0 Å². The molecule has 60 valence electrons. The first-order valence-corrected chi connectivity index (χ1v) is 3.97. The Morgan fingerprint density at radius 3 is 2.60 bits per heavy atom. The molecule has 1 aliphatic rings. The molecule has 0 aromatic carbocycles. The summed E-state index contributed by atoms with van der Waals surface area (Å²) in [5, 5.41) is 9.46. The van der Waals surface area contributed by atoms with E-state index in [9.17, 15) is 5.11 Å². The predicted molar refractivity (Wildman–Crippen MR) is 39.8 cm³/mol. The first kappa shape index (κ1) is 8.02. The van der Waals surface area contributed by atoms with E-state index in [0.717, 1.165) is 19.6 Å². The second-order valence-corrected chi connectivity index (χ2v) is 3.34. The van der Waals surface area contributed by atoms with Crippen LogP contribution in [0.5, 0.6) is 0 Å². The largest absolute Gasteiger partial charge is 0.393 e. The highest BCUT2D eigenvalue weighted by molar-refractivity contribution is 4.74. The number of ether oxygens (including phenoxy) is 1. The molecule has 0 aromatic rings. The minimum absolute atomic E-state index is 0.131. The van der Waals surface area contributed by atoms with Gasteiger partial charge in [-0.2, -0.15) is 0 Å². The molecule has 0 bridgehead atoms. The van der Waals surface area contributed by atoms with Crippen molar-refractivity contribution in [2.45, 2.75) is 26.4 Å². The molecule has 2 heteroatoms. The lowest BCUT2D eigenvalue weighted by Gasteiger charge is -2.30. The molecule has 0 aliphatic carbocycles. The molecule has 1 aliphatic heterocycles. The minimum atomic E-state index is -0.131. The molecule has 0 aromatic heterocycles. The van der Waals surface area contributed by atoms with Crippen LogP contribution in [-0.2, 0) is 4.74 Å². The van der Waals surface area contributed by atoms with E-state index in [1.54, 1.807) is 0 Å². The molecule has 1 fully saturated rings. The summed E-state index contributed by atoms with van der Waals surface area (Å²) >= 11 is 0. The molecule has 0 unspecified atom stereocenters.